The van der Waals surface area contributed by atoms with Crippen molar-refractivity contribution in [3.63, 3.8) is 0 Å². The molecule has 0 unspecified atom stereocenters. The number of carbonyl (C=O) groups excluding carboxylic acids is 1. The molecule has 1 amide bonds. The summed E-state index contributed by atoms with van der Waals surface area (Å²) < 4.78 is 10.4. The highest BCUT2D eigenvalue weighted by Gasteiger charge is 2.20. The molecule has 2 aromatic rings. The molecule has 0 spiro atoms. The van der Waals surface area contributed by atoms with Crippen molar-refractivity contribution in [2.75, 3.05) is 50.1 Å². The van der Waals surface area contributed by atoms with Crippen LogP contribution in [0, 0.1) is 0 Å². The van der Waals surface area contributed by atoms with Crippen LogP contribution in [-0.2, 0) is 4.79 Å². The Kier molecular flexibility index (Phi) is 5.78. The first-order valence-electron chi connectivity index (χ1n) is 8.93. The van der Waals surface area contributed by atoms with Gasteiger partial charge in [0.2, 0.25) is 11.8 Å². The van der Waals surface area contributed by atoms with Crippen molar-refractivity contribution in [3.05, 3.63) is 36.0 Å². The maximum absolute atomic E-state index is 12.2. The normalized spacial score (nSPS) is 15.3. The lowest BCUT2D eigenvalue weighted by atomic mass is 10.1. The maximum Gasteiger partial charge on any atom is 0.240 e. The number of aromatic nitrogens is 1. The van der Waals surface area contributed by atoms with Crippen LogP contribution in [0.2, 0.25) is 0 Å². The molecule has 0 aliphatic carbocycles. The molecule has 7 heteroatoms. The average Bonchev–Trinajstić information content (AvgIpc) is 3.11. The zero-order valence-electron chi connectivity index (χ0n) is 15.6. The molecule has 7 nitrogen and oxygen atoms in total. The number of hydrogen-bond acceptors (Lipinski definition) is 6. The summed E-state index contributed by atoms with van der Waals surface area (Å²) in [5.41, 5.74) is 2.02. The van der Waals surface area contributed by atoms with Crippen molar-refractivity contribution in [1.82, 2.24) is 10.1 Å². The first kappa shape index (κ1) is 18.3. The number of nitrogens with one attached hydrogen (secondary N) is 1. The lowest BCUT2D eigenvalue weighted by Crippen LogP contribution is -2.48. The van der Waals surface area contributed by atoms with E-state index in [-0.39, 0.29) is 11.8 Å². The van der Waals surface area contributed by atoms with Gasteiger partial charge in [0.1, 0.15) is 5.75 Å². The summed E-state index contributed by atoms with van der Waals surface area (Å²) in [6, 6.07) is 9.86. The predicted molar refractivity (Wildman–Crippen MR) is 101 cm³/mol. The van der Waals surface area contributed by atoms with Gasteiger partial charge >= 0.3 is 0 Å². The molecule has 0 atom stereocenters. The number of anilines is 2. The molecule has 0 bridgehead atoms. The third-order valence-corrected chi connectivity index (χ3v) is 4.56. The largest absolute Gasteiger partial charge is 0.497 e. The van der Waals surface area contributed by atoms with E-state index in [0.717, 1.165) is 37.6 Å². The van der Waals surface area contributed by atoms with Crippen LogP contribution in [0.5, 0.6) is 5.75 Å². The van der Waals surface area contributed by atoms with Crippen LogP contribution in [0.25, 0.3) is 0 Å². The topological polar surface area (TPSA) is 70.8 Å². The van der Waals surface area contributed by atoms with Gasteiger partial charge in [0.05, 0.1) is 19.3 Å². The van der Waals surface area contributed by atoms with E-state index in [1.807, 2.05) is 26.0 Å². The van der Waals surface area contributed by atoms with Crippen molar-refractivity contribution in [1.29, 1.82) is 0 Å². The van der Waals surface area contributed by atoms with E-state index in [9.17, 15) is 4.79 Å². The Bertz CT molecular complexity index is 719. The molecule has 2 heterocycles. The van der Waals surface area contributed by atoms with E-state index < -0.39 is 0 Å². The number of methoxy groups -OCH3 is 1. The highest BCUT2D eigenvalue weighted by molar-refractivity contribution is 5.91. The maximum atomic E-state index is 12.2. The van der Waals surface area contributed by atoms with Crippen LogP contribution >= 0.6 is 0 Å². The summed E-state index contributed by atoms with van der Waals surface area (Å²) in [7, 11) is 1.67. The summed E-state index contributed by atoms with van der Waals surface area (Å²) in [4.78, 5) is 16.7. The van der Waals surface area contributed by atoms with Crippen molar-refractivity contribution in [2.24, 2.45) is 0 Å². The van der Waals surface area contributed by atoms with Crippen molar-refractivity contribution < 1.29 is 14.1 Å². The fraction of sp³-hybridized carbons (Fsp3) is 0.474. The second-order valence-corrected chi connectivity index (χ2v) is 6.78. The smallest absolute Gasteiger partial charge is 0.240 e. The summed E-state index contributed by atoms with van der Waals surface area (Å²) in [6.07, 6.45) is 0. The molecule has 0 saturated carbocycles. The number of rotatable bonds is 6. The Morgan fingerprint density at radius 1 is 1.23 bits per heavy atom. The van der Waals surface area contributed by atoms with Gasteiger partial charge in [-0.25, -0.2) is 0 Å². The van der Waals surface area contributed by atoms with Gasteiger partial charge in [0.15, 0.2) is 0 Å². The molecule has 0 radical (unpaired) electrons. The number of carbonyl (C=O) groups is 1. The van der Waals surface area contributed by atoms with E-state index in [1.165, 1.54) is 5.69 Å². The van der Waals surface area contributed by atoms with E-state index in [0.29, 0.717) is 12.4 Å². The van der Waals surface area contributed by atoms with Gasteiger partial charge in [-0.15, -0.1) is 0 Å². The molecule has 1 aliphatic heterocycles. The predicted octanol–water partition coefficient (Wildman–Crippen LogP) is 2.57. The average molecular weight is 358 g/mol. The van der Waals surface area contributed by atoms with Crippen LogP contribution in [0.1, 0.15) is 25.5 Å². The highest BCUT2D eigenvalue weighted by atomic mass is 16.5. The number of piperazine rings is 1. The van der Waals surface area contributed by atoms with Gasteiger partial charge in [-0.2, -0.15) is 0 Å². The van der Waals surface area contributed by atoms with E-state index in [1.54, 1.807) is 13.2 Å². The summed E-state index contributed by atoms with van der Waals surface area (Å²) >= 11 is 0. The standard InChI is InChI=1S/C19H26N4O3/c1-14(2)17-12-19(26-21-17)20-18(24)13-22-8-10-23(11-9-22)15-4-6-16(25-3)7-5-15/h4-7,12,14H,8-11,13H2,1-3H3,(H,20,24). The monoisotopic (exact) mass is 358 g/mol. The van der Waals surface area contributed by atoms with E-state index in [4.69, 9.17) is 9.26 Å². The van der Waals surface area contributed by atoms with Crippen LogP contribution in [0.3, 0.4) is 0 Å². The Morgan fingerprint density at radius 3 is 2.50 bits per heavy atom. The number of hydrogen-bond donors (Lipinski definition) is 1. The van der Waals surface area contributed by atoms with Crippen molar-refractivity contribution in [2.45, 2.75) is 19.8 Å². The Morgan fingerprint density at radius 2 is 1.92 bits per heavy atom. The first-order chi connectivity index (χ1) is 12.5. The zero-order chi connectivity index (χ0) is 18.5. The van der Waals surface area contributed by atoms with E-state index in [2.05, 4.69) is 32.4 Å². The molecule has 26 heavy (non-hydrogen) atoms. The number of nitrogens with zero attached hydrogens (tertiary/aromatic N) is 3. The summed E-state index contributed by atoms with van der Waals surface area (Å²) in [6.45, 7) is 7.88. The lowest BCUT2D eigenvalue weighted by Gasteiger charge is -2.35. The molecule has 1 N–H and O–H groups in total. The van der Waals surface area contributed by atoms with E-state index >= 15 is 0 Å². The third kappa shape index (κ3) is 4.54. The minimum atomic E-state index is -0.0747. The van der Waals surface area contributed by atoms with Crippen molar-refractivity contribution in [3.8, 4) is 5.75 Å². The second-order valence-electron chi connectivity index (χ2n) is 6.78. The second kappa shape index (κ2) is 8.23. The SMILES string of the molecule is COc1ccc(N2CCN(CC(=O)Nc3cc(C(C)C)no3)CC2)cc1. The highest BCUT2D eigenvalue weighted by Crippen LogP contribution is 2.21. The molecule has 1 aliphatic rings. The first-order valence-corrected chi connectivity index (χ1v) is 8.93. The zero-order valence-corrected chi connectivity index (χ0v) is 15.6. The van der Waals surface area contributed by atoms with Crippen LogP contribution in [-0.4, -0.2) is 55.8 Å². The molecular weight excluding hydrogens is 332 g/mol. The molecular formula is C19H26N4O3. The number of ether oxygens (including phenoxy) is 1. The Labute approximate surface area is 153 Å². The molecule has 1 saturated heterocycles. The Balaban J connectivity index is 1.46. The molecule has 1 fully saturated rings. The molecule has 140 valence electrons. The molecule has 1 aromatic heterocycles. The fourth-order valence-corrected chi connectivity index (χ4v) is 2.96. The van der Waals surface area contributed by atoms with Gasteiger partial charge in [0.25, 0.3) is 0 Å². The quantitative estimate of drug-likeness (QED) is 0.856. The van der Waals surface area contributed by atoms with Crippen molar-refractivity contribution >= 4 is 17.5 Å². The van der Waals surface area contributed by atoms with Crippen LogP contribution in [0.15, 0.2) is 34.9 Å². The van der Waals surface area contributed by atoms with Gasteiger partial charge in [-0.3, -0.25) is 15.0 Å². The minimum Gasteiger partial charge on any atom is -0.497 e. The van der Waals surface area contributed by atoms with Gasteiger partial charge in [-0.05, 0) is 30.2 Å². The summed E-state index contributed by atoms with van der Waals surface area (Å²) in [5.74, 6) is 1.47. The number of benzene rings is 1. The third-order valence-electron chi connectivity index (χ3n) is 4.56. The summed E-state index contributed by atoms with van der Waals surface area (Å²) in [5, 5.41) is 6.74. The van der Waals surface area contributed by atoms with Gasteiger partial charge in [0, 0.05) is 37.9 Å². The van der Waals surface area contributed by atoms with Crippen LogP contribution < -0.4 is 15.0 Å². The van der Waals surface area contributed by atoms with Gasteiger partial charge < -0.3 is 14.2 Å². The molecule has 1 aromatic carbocycles. The number of amides is 1. The van der Waals surface area contributed by atoms with Crippen LogP contribution in [0.4, 0.5) is 11.6 Å². The fourth-order valence-electron chi connectivity index (χ4n) is 2.96. The molecule has 3 rings (SSSR count). The Hall–Kier alpha value is -2.54. The minimum absolute atomic E-state index is 0.0747. The van der Waals surface area contributed by atoms with Gasteiger partial charge in [-0.1, -0.05) is 19.0 Å². The lowest BCUT2D eigenvalue weighted by molar-refractivity contribution is -0.117.